The molecule has 4 heteroatoms. The Morgan fingerprint density at radius 2 is 2.29 bits per heavy atom. The zero-order valence-electron chi connectivity index (χ0n) is 7.78. The first-order chi connectivity index (χ1) is 6.68. The number of ether oxygens (including phenoxy) is 1. The van der Waals surface area contributed by atoms with Crippen molar-refractivity contribution < 1.29 is 14.6 Å². The smallest absolute Gasteiger partial charge is 0.335 e. The number of hydrogen-bond donors (Lipinski definition) is 1. The van der Waals surface area contributed by atoms with E-state index in [0.717, 1.165) is 16.8 Å². The summed E-state index contributed by atoms with van der Waals surface area (Å²) in [4.78, 5) is 10.7. The fourth-order valence-corrected chi connectivity index (χ4v) is 1.49. The van der Waals surface area contributed by atoms with Crippen LogP contribution in [0.3, 0.4) is 0 Å². The third kappa shape index (κ3) is 1.39. The molecule has 0 unspecified atom stereocenters. The molecule has 2 rings (SSSR count). The van der Waals surface area contributed by atoms with Crippen molar-refractivity contribution in [3.63, 3.8) is 0 Å². The normalized spacial score (nSPS) is 13.9. The molecule has 1 N–H and O–H groups in total. The van der Waals surface area contributed by atoms with Crippen molar-refractivity contribution in [3.05, 3.63) is 29.3 Å². The van der Waals surface area contributed by atoms with Crippen LogP contribution < -0.4 is 10.2 Å². The van der Waals surface area contributed by atoms with Gasteiger partial charge < -0.3 is 9.84 Å². The van der Waals surface area contributed by atoms with Crippen molar-refractivity contribution in [2.24, 2.45) is 0 Å². The molecule has 0 saturated carbocycles. The van der Waals surface area contributed by atoms with Crippen LogP contribution in [0.25, 0.3) is 6.08 Å². The summed E-state index contributed by atoms with van der Waals surface area (Å²) in [5.74, 6) is -0.130. The molecule has 1 aliphatic heterocycles. The van der Waals surface area contributed by atoms with Gasteiger partial charge in [-0.1, -0.05) is 18.2 Å². The van der Waals surface area contributed by atoms with Crippen LogP contribution >= 0.6 is 0 Å². The molecular weight excluding hydrogens is 179 g/mol. The number of rotatable bonds is 1. The summed E-state index contributed by atoms with van der Waals surface area (Å²) in [6.07, 6.45) is 1.66. The number of benzene rings is 1. The largest absolute Gasteiger partial charge is 0.489 e. The summed E-state index contributed by atoms with van der Waals surface area (Å²) in [7, 11) is 1.94. The highest BCUT2D eigenvalue weighted by Gasteiger charge is 2.16. The summed E-state index contributed by atoms with van der Waals surface area (Å²) in [6, 6.07) is 5.68. The number of fused-ring (bicyclic) bond motifs is 1. The third-order valence-electron chi connectivity index (χ3n) is 2.22. The lowest BCUT2D eigenvalue weighted by molar-refractivity contribution is -0.132. The maximum Gasteiger partial charge on any atom is 0.335 e. The van der Waals surface area contributed by atoms with E-state index in [1.165, 1.54) is 0 Å². The predicted octanol–water partition coefficient (Wildman–Crippen LogP) is -0.195. The Balaban J connectivity index is 2.50. The van der Waals surface area contributed by atoms with E-state index in [-0.39, 0.29) is 6.61 Å². The summed E-state index contributed by atoms with van der Waals surface area (Å²) in [6.45, 7) is 0.146. The molecule has 1 aromatic rings. The van der Waals surface area contributed by atoms with Gasteiger partial charge >= 0.3 is 5.97 Å². The van der Waals surface area contributed by atoms with E-state index >= 15 is 0 Å². The zero-order valence-corrected chi connectivity index (χ0v) is 7.78. The Morgan fingerprint density at radius 3 is 3.00 bits per heavy atom. The van der Waals surface area contributed by atoms with Gasteiger partial charge in [-0.3, -0.25) is 0 Å². The maximum absolute atomic E-state index is 10.7. The molecule has 1 aliphatic rings. The van der Waals surface area contributed by atoms with E-state index in [9.17, 15) is 4.79 Å². The van der Waals surface area contributed by atoms with E-state index in [1.807, 2.05) is 26.0 Å². The summed E-state index contributed by atoms with van der Waals surface area (Å²) in [5.41, 5.74) is 2.17. The highest BCUT2D eigenvalue weighted by atomic mass is 16.5. The minimum absolute atomic E-state index is 0.146. The molecule has 0 spiro atoms. The molecule has 14 heavy (non-hydrogen) atoms. The number of para-hydroxylation sites is 1. The van der Waals surface area contributed by atoms with Gasteiger partial charge in [-0.25, -0.2) is 4.79 Å². The van der Waals surface area contributed by atoms with Crippen LogP contribution in [-0.4, -0.2) is 25.5 Å². The molecule has 0 radical (unpaired) electrons. The van der Waals surface area contributed by atoms with Crippen LogP contribution in [0.1, 0.15) is 5.56 Å². The fourth-order valence-electron chi connectivity index (χ4n) is 1.49. The first kappa shape index (κ1) is 8.87. The van der Waals surface area contributed by atoms with Gasteiger partial charge in [-0.2, -0.15) is 0 Å². The average Bonchev–Trinajstić information content (AvgIpc) is 2.17. The lowest BCUT2D eigenvalue weighted by Crippen LogP contribution is -2.19. The Bertz CT molecular complexity index is 423. The van der Waals surface area contributed by atoms with Crippen LogP contribution in [-0.2, 0) is 4.79 Å². The molecule has 0 saturated heterocycles. The van der Waals surface area contributed by atoms with E-state index in [1.54, 1.807) is 6.08 Å². The second-order valence-corrected chi connectivity index (χ2v) is 3.26. The topological polar surface area (TPSA) is 46.5 Å². The van der Waals surface area contributed by atoms with E-state index < -0.39 is 5.97 Å². The number of carbonyl (C=O) groups is 1. The van der Waals surface area contributed by atoms with Crippen LogP contribution in [0.2, 0.25) is 0 Å². The fraction of sp³-hybridized carbons (Fsp3) is 0.100. The standard InChI is InChI=1S/C10H9BO3/c11-8-3-1-2-6-4-7(10(12)13)5-14-9(6)8/h1-4H,5,11H2,(H,12,13). The third-order valence-corrected chi connectivity index (χ3v) is 2.22. The van der Waals surface area contributed by atoms with Crippen molar-refractivity contribution in [1.82, 2.24) is 0 Å². The van der Waals surface area contributed by atoms with Crippen LogP contribution in [0.4, 0.5) is 0 Å². The van der Waals surface area contributed by atoms with Crippen molar-refractivity contribution in [2.45, 2.75) is 0 Å². The van der Waals surface area contributed by atoms with Gasteiger partial charge in [0.05, 0.1) is 5.57 Å². The molecule has 1 aromatic carbocycles. The Kier molecular flexibility index (Phi) is 2.04. The van der Waals surface area contributed by atoms with Crippen molar-refractivity contribution in [1.29, 1.82) is 0 Å². The van der Waals surface area contributed by atoms with Crippen LogP contribution in [0.5, 0.6) is 5.75 Å². The number of hydrogen-bond acceptors (Lipinski definition) is 2. The van der Waals surface area contributed by atoms with Gasteiger partial charge in [-0.15, -0.1) is 0 Å². The molecule has 70 valence electrons. The van der Waals surface area contributed by atoms with E-state index in [2.05, 4.69) is 0 Å². The van der Waals surface area contributed by atoms with Gasteiger partial charge in [0, 0.05) is 5.56 Å². The summed E-state index contributed by atoms with van der Waals surface area (Å²) >= 11 is 0. The second kappa shape index (κ2) is 3.22. The first-order valence-corrected chi connectivity index (χ1v) is 4.35. The maximum atomic E-state index is 10.7. The number of carboxylic acid groups (broad SMARTS) is 1. The minimum atomic E-state index is -0.919. The lowest BCUT2D eigenvalue weighted by atomic mass is 9.91. The quantitative estimate of drug-likeness (QED) is 0.621. The highest BCUT2D eigenvalue weighted by molar-refractivity contribution is 6.34. The van der Waals surface area contributed by atoms with Crippen molar-refractivity contribution in [2.75, 3.05) is 6.61 Å². The zero-order chi connectivity index (χ0) is 10.1. The summed E-state index contributed by atoms with van der Waals surface area (Å²) in [5, 5.41) is 8.78. The van der Waals surface area contributed by atoms with Gasteiger partial charge in [0.25, 0.3) is 0 Å². The van der Waals surface area contributed by atoms with E-state index in [0.29, 0.717) is 5.57 Å². The second-order valence-electron chi connectivity index (χ2n) is 3.26. The monoisotopic (exact) mass is 188 g/mol. The molecular formula is C10H9BO3. The highest BCUT2D eigenvalue weighted by Crippen LogP contribution is 2.23. The Labute approximate surface area is 82.4 Å². The molecule has 0 bridgehead atoms. The Morgan fingerprint density at radius 1 is 1.50 bits per heavy atom. The SMILES string of the molecule is Bc1cccc2c1OCC(C(=O)O)=C2. The first-order valence-electron chi connectivity index (χ1n) is 4.35. The Hall–Kier alpha value is -1.71. The van der Waals surface area contributed by atoms with Gasteiger partial charge in [0.1, 0.15) is 20.2 Å². The molecule has 3 nitrogen and oxygen atoms in total. The van der Waals surface area contributed by atoms with Crippen molar-refractivity contribution in [3.8, 4) is 5.75 Å². The summed E-state index contributed by atoms with van der Waals surface area (Å²) < 4.78 is 5.38. The predicted molar refractivity (Wildman–Crippen MR) is 55.7 cm³/mol. The molecule has 0 aliphatic carbocycles. The lowest BCUT2D eigenvalue weighted by Gasteiger charge is -2.17. The van der Waals surface area contributed by atoms with E-state index in [4.69, 9.17) is 9.84 Å². The molecule has 0 atom stereocenters. The molecule has 1 heterocycles. The van der Waals surface area contributed by atoms with Gasteiger partial charge in [0.15, 0.2) is 0 Å². The molecule has 0 aromatic heterocycles. The van der Waals surface area contributed by atoms with Crippen molar-refractivity contribution >= 4 is 25.4 Å². The van der Waals surface area contributed by atoms with Gasteiger partial charge in [-0.05, 0) is 11.5 Å². The van der Waals surface area contributed by atoms with Crippen LogP contribution in [0, 0.1) is 0 Å². The van der Waals surface area contributed by atoms with Gasteiger partial charge in [0.2, 0.25) is 0 Å². The number of aliphatic carboxylic acids is 1. The molecule has 0 fully saturated rings. The van der Waals surface area contributed by atoms with Crippen LogP contribution in [0.15, 0.2) is 23.8 Å². The molecule has 0 amide bonds. The minimum Gasteiger partial charge on any atom is -0.489 e. The average molecular weight is 188 g/mol. The number of carboxylic acids is 1.